The second kappa shape index (κ2) is 9.62. The summed E-state index contributed by atoms with van der Waals surface area (Å²) in [6.45, 7) is 1.84. The molecule has 2 aromatic heterocycles. The molecule has 0 aliphatic carbocycles. The Hall–Kier alpha value is -2.80. The Morgan fingerprint density at radius 2 is 1.77 bits per heavy atom. The van der Waals surface area contributed by atoms with Gasteiger partial charge >= 0.3 is 0 Å². The van der Waals surface area contributed by atoms with Crippen molar-refractivity contribution in [1.29, 1.82) is 0 Å². The van der Waals surface area contributed by atoms with E-state index in [0.29, 0.717) is 18.7 Å². The van der Waals surface area contributed by atoms with Crippen LogP contribution in [0.4, 0.5) is 0 Å². The summed E-state index contributed by atoms with van der Waals surface area (Å²) in [6, 6.07) is 7.03. The first-order valence-electron chi connectivity index (χ1n) is 8.50. The van der Waals surface area contributed by atoms with E-state index in [-0.39, 0.29) is 17.5 Å². The molecule has 0 aromatic carbocycles. The lowest BCUT2D eigenvalue weighted by Crippen LogP contribution is -2.32. The van der Waals surface area contributed by atoms with Crippen LogP contribution >= 0.6 is 0 Å². The van der Waals surface area contributed by atoms with Gasteiger partial charge in [0.2, 0.25) is 0 Å². The van der Waals surface area contributed by atoms with Crippen molar-refractivity contribution < 1.29 is 9.59 Å². The van der Waals surface area contributed by atoms with E-state index in [1.165, 1.54) is 12.3 Å². The van der Waals surface area contributed by atoms with E-state index in [9.17, 15) is 9.59 Å². The molecule has 0 saturated heterocycles. The highest BCUT2D eigenvalue weighted by atomic mass is 16.2. The van der Waals surface area contributed by atoms with Crippen molar-refractivity contribution >= 4 is 11.8 Å². The van der Waals surface area contributed by atoms with Crippen molar-refractivity contribution in [2.45, 2.75) is 6.42 Å². The molecule has 2 heterocycles. The van der Waals surface area contributed by atoms with Gasteiger partial charge in [-0.25, -0.2) is 0 Å². The minimum atomic E-state index is -0.277. The molecule has 2 amide bonds. The first kappa shape index (κ1) is 19.5. The summed E-state index contributed by atoms with van der Waals surface area (Å²) in [4.78, 5) is 36.4. The van der Waals surface area contributed by atoms with Crippen molar-refractivity contribution in [3.8, 4) is 0 Å². The lowest BCUT2D eigenvalue weighted by Gasteiger charge is -2.17. The lowest BCUT2D eigenvalue weighted by atomic mass is 10.1. The summed E-state index contributed by atoms with van der Waals surface area (Å²) < 4.78 is 0. The number of hydrogen-bond donors (Lipinski definition) is 1. The van der Waals surface area contributed by atoms with Crippen molar-refractivity contribution in [2.75, 3.05) is 40.8 Å². The number of carbonyl (C=O) groups excluding carboxylic acids is 2. The molecular weight excluding hydrogens is 330 g/mol. The van der Waals surface area contributed by atoms with E-state index in [0.717, 1.165) is 18.5 Å². The van der Waals surface area contributed by atoms with Crippen molar-refractivity contribution in [2.24, 2.45) is 0 Å². The summed E-state index contributed by atoms with van der Waals surface area (Å²) in [7, 11) is 5.62. The molecule has 0 unspecified atom stereocenters. The fraction of sp³-hybridized carbons (Fsp3) is 0.368. The molecule has 0 aliphatic rings. The van der Waals surface area contributed by atoms with Crippen LogP contribution < -0.4 is 5.32 Å². The fourth-order valence-electron chi connectivity index (χ4n) is 2.34. The Balaban J connectivity index is 1.94. The fourth-order valence-corrected chi connectivity index (χ4v) is 2.34. The maximum atomic E-state index is 12.6. The number of amides is 2. The molecule has 0 atom stereocenters. The zero-order valence-electron chi connectivity index (χ0n) is 15.5. The van der Waals surface area contributed by atoms with Gasteiger partial charge in [-0.1, -0.05) is 0 Å². The Kier molecular flexibility index (Phi) is 7.23. The molecular formula is C19H25N5O2. The predicted molar refractivity (Wildman–Crippen MR) is 100 cm³/mol. The van der Waals surface area contributed by atoms with Gasteiger partial charge in [0.15, 0.2) is 0 Å². The van der Waals surface area contributed by atoms with Gasteiger partial charge < -0.3 is 15.1 Å². The molecule has 0 aliphatic heterocycles. The van der Waals surface area contributed by atoms with Crippen LogP contribution in [-0.4, -0.2) is 72.4 Å². The Bertz CT molecular complexity index is 734. The van der Waals surface area contributed by atoms with Gasteiger partial charge in [-0.05, 0) is 50.3 Å². The van der Waals surface area contributed by atoms with Gasteiger partial charge in [-0.3, -0.25) is 19.6 Å². The molecule has 7 heteroatoms. The van der Waals surface area contributed by atoms with E-state index in [1.54, 1.807) is 30.4 Å². The van der Waals surface area contributed by atoms with Crippen LogP contribution in [0.3, 0.4) is 0 Å². The van der Waals surface area contributed by atoms with Crippen molar-refractivity contribution in [3.63, 3.8) is 0 Å². The maximum Gasteiger partial charge on any atom is 0.269 e. The van der Waals surface area contributed by atoms with Gasteiger partial charge in [0, 0.05) is 50.8 Å². The second-order valence-corrected chi connectivity index (χ2v) is 6.32. The van der Waals surface area contributed by atoms with Gasteiger partial charge in [0.25, 0.3) is 11.8 Å². The third kappa shape index (κ3) is 5.93. The summed E-state index contributed by atoms with van der Waals surface area (Å²) in [5, 5.41) is 2.80. The predicted octanol–water partition coefficient (Wildman–Crippen LogP) is 1.08. The number of pyridine rings is 2. The molecule has 7 nitrogen and oxygen atoms in total. The molecule has 0 fully saturated rings. The van der Waals surface area contributed by atoms with Crippen LogP contribution in [0.25, 0.3) is 0 Å². The van der Waals surface area contributed by atoms with Gasteiger partial charge in [0.05, 0.1) is 0 Å². The minimum Gasteiger partial charge on any atom is -0.349 e. The third-order valence-electron chi connectivity index (χ3n) is 3.92. The SMILES string of the molecule is CN(C)CCNC(=O)c1cc(C(=O)N(C)CCc2ccncc2)ccn1. The average molecular weight is 355 g/mol. The van der Waals surface area contributed by atoms with Gasteiger partial charge in [0.1, 0.15) is 5.69 Å². The summed E-state index contributed by atoms with van der Waals surface area (Å²) in [5.74, 6) is -0.412. The molecule has 2 aromatic rings. The van der Waals surface area contributed by atoms with Crippen LogP contribution in [0.1, 0.15) is 26.4 Å². The van der Waals surface area contributed by atoms with E-state index in [1.807, 2.05) is 31.1 Å². The number of carbonyl (C=O) groups is 2. The quantitative estimate of drug-likeness (QED) is 0.767. The smallest absolute Gasteiger partial charge is 0.269 e. The highest BCUT2D eigenvalue weighted by molar-refractivity contribution is 5.98. The Morgan fingerprint density at radius 3 is 2.46 bits per heavy atom. The molecule has 138 valence electrons. The summed E-state index contributed by atoms with van der Waals surface area (Å²) in [5.41, 5.74) is 1.82. The molecule has 0 radical (unpaired) electrons. The zero-order chi connectivity index (χ0) is 18.9. The monoisotopic (exact) mass is 355 g/mol. The van der Waals surface area contributed by atoms with Crippen LogP contribution in [0.15, 0.2) is 42.9 Å². The highest BCUT2D eigenvalue weighted by Gasteiger charge is 2.15. The van der Waals surface area contributed by atoms with E-state index in [4.69, 9.17) is 0 Å². The van der Waals surface area contributed by atoms with Crippen LogP contribution in [-0.2, 0) is 6.42 Å². The number of nitrogens with one attached hydrogen (secondary N) is 1. The number of rotatable bonds is 8. The molecule has 2 rings (SSSR count). The Morgan fingerprint density at radius 1 is 1.04 bits per heavy atom. The normalized spacial score (nSPS) is 10.6. The molecule has 0 saturated carbocycles. The minimum absolute atomic E-state index is 0.135. The summed E-state index contributed by atoms with van der Waals surface area (Å²) in [6.07, 6.45) is 5.71. The number of likely N-dealkylation sites (N-methyl/N-ethyl adjacent to an activating group) is 2. The maximum absolute atomic E-state index is 12.6. The average Bonchev–Trinajstić information content (AvgIpc) is 2.66. The molecule has 1 N–H and O–H groups in total. The van der Waals surface area contributed by atoms with Crippen LogP contribution in [0, 0.1) is 0 Å². The van der Waals surface area contributed by atoms with E-state index < -0.39 is 0 Å². The first-order chi connectivity index (χ1) is 12.5. The molecule has 0 bridgehead atoms. The van der Waals surface area contributed by atoms with E-state index >= 15 is 0 Å². The van der Waals surface area contributed by atoms with Gasteiger partial charge in [-0.15, -0.1) is 0 Å². The van der Waals surface area contributed by atoms with Gasteiger partial charge in [-0.2, -0.15) is 0 Å². The Labute approximate surface area is 154 Å². The molecule has 0 spiro atoms. The third-order valence-corrected chi connectivity index (χ3v) is 3.92. The second-order valence-electron chi connectivity index (χ2n) is 6.32. The van der Waals surface area contributed by atoms with Crippen LogP contribution in [0.2, 0.25) is 0 Å². The number of hydrogen-bond acceptors (Lipinski definition) is 5. The topological polar surface area (TPSA) is 78.4 Å². The zero-order valence-corrected chi connectivity index (χ0v) is 15.5. The number of nitrogens with zero attached hydrogens (tertiary/aromatic N) is 4. The summed E-state index contributed by atoms with van der Waals surface area (Å²) >= 11 is 0. The van der Waals surface area contributed by atoms with Crippen molar-refractivity contribution in [3.05, 3.63) is 59.7 Å². The lowest BCUT2D eigenvalue weighted by molar-refractivity contribution is 0.0796. The highest BCUT2D eigenvalue weighted by Crippen LogP contribution is 2.07. The number of aromatic nitrogens is 2. The standard InChI is InChI=1S/C19H25N5O2/c1-23(2)13-11-22-18(25)17-14-16(6-10-21-17)19(26)24(3)12-7-15-4-8-20-9-5-15/h4-6,8-10,14H,7,11-13H2,1-3H3,(H,22,25). The van der Waals surface area contributed by atoms with E-state index in [2.05, 4.69) is 15.3 Å². The van der Waals surface area contributed by atoms with Crippen LogP contribution in [0.5, 0.6) is 0 Å². The van der Waals surface area contributed by atoms with Crippen molar-refractivity contribution in [1.82, 2.24) is 25.1 Å². The largest absolute Gasteiger partial charge is 0.349 e. The molecule has 26 heavy (non-hydrogen) atoms. The first-order valence-corrected chi connectivity index (χ1v) is 8.50.